The third-order valence-electron chi connectivity index (χ3n) is 4.73. The molecule has 0 aliphatic carbocycles. The molecule has 2 fully saturated rings. The number of piperidine rings is 2. The van der Waals surface area contributed by atoms with Crippen LogP contribution >= 0.6 is 0 Å². The molecule has 18 heavy (non-hydrogen) atoms. The average molecular weight is 244 g/mol. The van der Waals surface area contributed by atoms with Gasteiger partial charge in [0.15, 0.2) is 0 Å². The highest BCUT2D eigenvalue weighted by molar-refractivity contribution is 5.15. The molecule has 3 atom stereocenters. The van der Waals surface area contributed by atoms with Crippen LogP contribution in [0.25, 0.3) is 0 Å². The van der Waals surface area contributed by atoms with Crippen LogP contribution in [0.5, 0.6) is 0 Å². The second-order valence-corrected chi connectivity index (χ2v) is 6.24. The Morgan fingerprint density at radius 1 is 1.11 bits per heavy atom. The average Bonchev–Trinajstić information content (AvgIpc) is 2.36. The van der Waals surface area contributed by atoms with E-state index < -0.39 is 0 Å². The fourth-order valence-electron chi connectivity index (χ4n) is 3.80. The third-order valence-corrected chi connectivity index (χ3v) is 4.73. The minimum atomic E-state index is 0.726. The van der Waals surface area contributed by atoms with Gasteiger partial charge < -0.3 is 4.90 Å². The SMILES string of the molecule is CC1C2CC(CN(C)C2)CN1Cc1ccccc1. The fraction of sp³-hybridized carbons (Fsp3) is 0.625. The smallest absolute Gasteiger partial charge is 0.0236 e. The predicted molar refractivity (Wildman–Crippen MR) is 75.4 cm³/mol. The molecule has 0 N–H and O–H groups in total. The zero-order chi connectivity index (χ0) is 12.5. The topological polar surface area (TPSA) is 6.48 Å². The summed E-state index contributed by atoms with van der Waals surface area (Å²) >= 11 is 0. The first-order valence-electron chi connectivity index (χ1n) is 7.19. The standard InChI is InChI=1S/C16H24N2/c1-13-16-8-15(9-17(2)12-16)11-18(13)10-14-6-4-3-5-7-14/h3-7,13,15-16H,8-12H2,1-2H3. The highest BCUT2D eigenvalue weighted by Crippen LogP contribution is 2.33. The molecule has 2 bridgehead atoms. The molecule has 1 aromatic rings. The Morgan fingerprint density at radius 2 is 1.89 bits per heavy atom. The van der Waals surface area contributed by atoms with Gasteiger partial charge in [0.25, 0.3) is 0 Å². The van der Waals surface area contributed by atoms with E-state index in [0.29, 0.717) is 0 Å². The minimum absolute atomic E-state index is 0.726. The van der Waals surface area contributed by atoms with E-state index in [0.717, 1.165) is 24.4 Å². The Labute approximate surface area is 111 Å². The maximum absolute atomic E-state index is 2.70. The summed E-state index contributed by atoms with van der Waals surface area (Å²) in [4.78, 5) is 5.22. The van der Waals surface area contributed by atoms with Crippen molar-refractivity contribution in [2.24, 2.45) is 11.8 Å². The molecule has 0 saturated carbocycles. The summed E-state index contributed by atoms with van der Waals surface area (Å²) in [5, 5.41) is 0. The molecule has 0 spiro atoms. The lowest BCUT2D eigenvalue weighted by Gasteiger charge is -2.49. The molecule has 0 radical (unpaired) electrons. The molecular weight excluding hydrogens is 220 g/mol. The first-order chi connectivity index (χ1) is 8.72. The van der Waals surface area contributed by atoms with Gasteiger partial charge in [-0.25, -0.2) is 0 Å². The molecule has 3 unspecified atom stereocenters. The van der Waals surface area contributed by atoms with Crippen LogP contribution in [0.15, 0.2) is 30.3 Å². The van der Waals surface area contributed by atoms with Crippen molar-refractivity contribution in [3.63, 3.8) is 0 Å². The van der Waals surface area contributed by atoms with Gasteiger partial charge in [-0.1, -0.05) is 30.3 Å². The highest BCUT2D eigenvalue weighted by Gasteiger charge is 2.37. The van der Waals surface area contributed by atoms with E-state index in [1.807, 2.05) is 0 Å². The first kappa shape index (κ1) is 12.2. The van der Waals surface area contributed by atoms with Crippen LogP contribution in [0.2, 0.25) is 0 Å². The van der Waals surface area contributed by atoms with Gasteiger partial charge in [-0.3, -0.25) is 4.90 Å². The van der Waals surface area contributed by atoms with Gasteiger partial charge in [0.1, 0.15) is 0 Å². The Kier molecular flexibility index (Phi) is 3.40. The lowest BCUT2D eigenvalue weighted by atomic mass is 9.80. The summed E-state index contributed by atoms with van der Waals surface area (Å²) in [7, 11) is 2.28. The number of fused-ring (bicyclic) bond motifs is 2. The maximum atomic E-state index is 2.70. The minimum Gasteiger partial charge on any atom is -0.306 e. The van der Waals surface area contributed by atoms with Crippen LogP contribution in [0.4, 0.5) is 0 Å². The van der Waals surface area contributed by atoms with Crippen molar-refractivity contribution < 1.29 is 0 Å². The first-order valence-corrected chi connectivity index (χ1v) is 7.19. The molecule has 2 nitrogen and oxygen atoms in total. The Hall–Kier alpha value is -0.860. The van der Waals surface area contributed by atoms with Crippen LogP contribution in [-0.2, 0) is 6.54 Å². The van der Waals surface area contributed by atoms with Crippen molar-refractivity contribution in [1.82, 2.24) is 9.80 Å². The second-order valence-electron chi connectivity index (χ2n) is 6.24. The zero-order valence-electron chi connectivity index (χ0n) is 11.5. The van der Waals surface area contributed by atoms with Crippen molar-refractivity contribution in [2.45, 2.75) is 25.9 Å². The van der Waals surface area contributed by atoms with Crippen molar-refractivity contribution in [2.75, 3.05) is 26.7 Å². The zero-order valence-corrected chi connectivity index (χ0v) is 11.5. The summed E-state index contributed by atoms with van der Waals surface area (Å²) in [6, 6.07) is 11.6. The summed E-state index contributed by atoms with van der Waals surface area (Å²) < 4.78 is 0. The molecule has 98 valence electrons. The quantitative estimate of drug-likeness (QED) is 0.788. The van der Waals surface area contributed by atoms with Gasteiger partial charge >= 0.3 is 0 Å². The van der Waals surface area contributed by atoms with Gasteiger partial charge in [-0.05, 0) is 37.8 Å². The lowest BCUT2D eigenvalue weighted by Crippen LogP contribution is -2.55. The molecule has 2 aliphatic heterocycles. The maximum Gasteiger partial charge on any atom is 0.0236 e. The van der Waals surface area contributed by atoms with Crippen LogP contribution in [0.3, 0.4) is 0 Å². The second kappa shape index (κ2) is 5.02. The van der Waals surface area contributed by atoms with E-state index in [2.05, 4.69) is 54.1 Å². The predicted octanol–water partition coefficient (Wildman–Crippen LogP) is 2.46. The molecule has 2 aliphatic rings. The van der Waals surface area contributed by atoms with Crippen LogP contribution < -0.4 is 0 Å². The van der Waals surface area contributed by atoms with Crippen molar-refractivity contribution >= 4 is 0 Å². The monoisotopic (exact) mass is 244 g/mol. The van der Waals surface area contributed by atoms with E-state index in [1.165, 1.54) is 31.6 Å². The number of hydrogen-bond acceptors (Lipinski definition) is 2. The van der Waals surface area contributed by atoms with Gasteiger partial charge in [0, 0.05) is 32.2 Å². The summed E-state index contributed by atoms with van der Waals surface area (Å²) in [5.74, 6) is 1.75. The highest BCUT2D eigenvalue weighted by atomic mass is 15.2. The third kappa shape index (κ3) is 2.45. The molecular formula is C16H24N2. The van der Waals surface area contributed by atoms with E-state index in [-0.39, 0.29) is 0 Å². The molecule has 2 heterocycles. The van der Waals surface area contributed by atoms with Crippen molar-refractivity contribution in [3.8, 4) is 0 Å². The van der Waals surface area contributed by atoms with Crippen LogP contribution in [-0.4, -0.2) is 42.5 Å². The normalized spacial score (nSPS) is 33.6. The van der Waals surface area contributed by atoms with Gasteiger partial charge in [0.05, 0.1) is 0 Å². The van der Waals surface area contributed by atoms with Crippen LogP contribution in [0, 0.1) is 11.8 Å². The van der Waals surface area contributed by atoms with Gasteiger partial charge in [-0.2, -0.15) is 0 Å². The number of likely N-dealkylation sites (tertiary alicyclic amines) is 2. The Bertz CT molecular complexity index is 387. The summed E-state index contributed by atoms with van der Waals surface area (Å²) in [5.41, 5.74) is 1.46. The van der Waals surface area contributed by atoms with E-state index in [1.54, 1.807) is 0 Å². The molecule has 3 rings (SSSR count). The summed E-state index contributed by atoms with van der Waals surface area (Å²) in [6.07, 6.45) is 1.44. The number of benzene rings is 1. The number of hydrogen-bond donors (Lipinski definition) is 0. The fourth-order valence-corrected chi connectivity index (χ4v) is 3.80. The van der Waals surface area contributed by atoms with Gasteiger partial charge in [0.2, 0.25) is 0 Å². The lowest BCUT2D eigenvalue weighted by molar-refractivity contribution is -0.00262. The largest absolute Gasteiger partial charge is 0.306 e. The number of nitrogens with zero attached hydrogens (tertiary/aromatic N) is 2. The Morgan fingerprint density at radius 3 is 2.67 bits per heavy atom. The molecule has 2 saturated heterocycles. The van der Waals surface area contributed by atoms with Gasteiger partial charge in [-0.15, -0.1) is 0 Å². The molecule has 2 heteroatoms. The van der Waals surface area contributed by atoms with E-state index in [4.69, 9.17) is 0 Å². The van der Waals surface area contributed by atoms with Crippen molar-refractivity contribution in [1.29, 1.82) is 0 Å². The van der Waals surface area contributed by atoms with E-state index >= 15 is 0 Å². The molecule has 0 aromatic heterocycles. The van der Waals surface area contributed by atoms with E-state index in [9.17, 15) is 0 Å². The summed E-state index contributed by atoms with van der Waals surface area (Å²) in [6.45, 7) is 7.38. The Balaban J connectivity index is 1.70. The molecule has 1 aromatic carbocycles. The van der Waals surface area contributed by atoms with Crippen LogP contribution in [0.1, 0.15) is 18.9 Å². The molecule has 0 amide bonds. The number of rotatable bonds is 2. The van der Waals surface area contributed by atoms with Crippen molar-refractivity contribution in [3.05, 3.63) is 35.9 Å².